The smallest absolute Gasteiger partial charge is 0.304 e. The molecule has 0 aliphatic rings. The van der Waals surface area contributed by atoms with Gasteiger partial charge in [0.15, 0.2) is 0 Å². The Balaban J connectivity index is 2.47. The molecule has 1 rings (SSSR count). The first-order valence-corrected chi connectivity index (χ1v) is 5.44. The summed E-state index contributed by atoms with van der Waals surface area (Å²) in [7, 11) is -4.46. The number of hydrogen-bond donors (Lipinski definition) is 1. The molecular formula is C8H9F2NO2S. The van der Waals surface area contributed by atoms with Crippen molar-refractivity contribution in [1.29, 1.82) is 0 Å². The fourth-order valence-electron chi connectivity index (χ4n) is 0.916. The second-order valence-electron chi connectivity index (χ2n) is 2.68. The Morgan fingerprint density at radius 2 is 2.07 bits per heavy atom. The molecule has 0 aliphatic carbocycles. The monoisotopic (exact) mass is 221 g/mol. The predicted octanol–water partition coefficient (Wildman–Crippen LogP) is 1.54. The molecule has 1 aromatic rings. The van der Waals surface area contributed by atoms with Gasteiger partial charge in [-0.2, -0.15) is 8.42 Å². The van der Waals surface area contributed by atoms with Crippen LogP contribution in [0.25, 0.3) is 0 Å². The van der Waals surface area contributed by atoms with Gasteiger partial charge in [-0.05, 0) is 18.2 Å². The Morgan fingerprint density at radius 3 is 2.64 bits per heavy atom. The summed E-state index contributed by atoms with van der Waals surface area (Å²) in [6.07, 6.45) is 0. The number of hydrogen-bond acceptors (Lipinski definition) is 3. The number of anilines is 1. The standard InChI is InChI=1S/C8H9F2NO2S/c9-7-2-1-3-8(6-7)11-4-5-14(10,12)13/h1-3,6,11H,4-5H2. The van der Waals surface area contributed by atoms with Gasteiger partial charge in [0.2, 0.25) is 0 Å². The second-order valence-corrected chi connectivity index (χ2v) is 4.17. The molecule has 0 radical (unpaired) electrons. The quantitative estimate of drug-likeness (QED) is 0.784. The van der Waals surface area contributed by atoms with Gasteiger partial charge in [-0.3, -0.25) is 0 Å². The van der Waals surface area contributed by atoms with Gasteiger partial charge in [0, 0.05) is 12.2 Å². The molecule has 0 unspecified atom stereocenters. The van der Waals surface area contributed by atoms with E-state index in [1.807, 2.05) is 0 Å². The average molecular weight is 221 g/mol. The molecular weight excluding hydrogens is 212 g/mol. The van der Waals surface area contributed by atoms with Crippen molar-refractivity contribution in [3.63, 3.8) is 0 Å². The summed E-state index contributed by atoms with van der Waals surface area (Å²) >= 11 is 0. The molecule has 6 heteroatoms. The molecule has 1 aromatic carbocycles. The van der Waals surface area contributed by atoms with Crippen LogP contribution in [0.15, 0.2) is 24.3 Å². The molecule has 0 amide bonds. The maximum absolute atomic E-state index is 12.6. The SMILES string of the molecule is O=S(=O)(F)CCNc1cccc(F)c1. The topological polar surface area (TPSA) is 46.2 Å². The van der Waals surface area contributed by atoms with E-state index in [2.05, 4.69) is 5.32 Å². The molecule has 0 atom stereocenters. The van der Waals surface area contributed by atoms with Gasteiger partial charge in [-0.25, -0.2) is 4.39 Å². The van der Waals surface area contributed by atoms with Crippen LogP contribution in [-0.2, 0) is 10.2 Å². The van der Waals surface area contributed by atoms with Crippen molar-refractivity contribution in [2.45, 2.75) is 0 Å². The summed E-state index contributed by atoms with van der Waals surface area (Å²) in [4.78, 5) is 0. The molecule has 3 nitrogen and oxygen atoms in total. The first kappa shape index (κ1) is 10.9. The van der Waals surface area contributed by atoms with Gasteiger partial charge < -0.3 is 5.32 Å². The summed E-state index contributed by atoms with van der Waals surface area (Å²) in [5, 5.41) is 2.58. The van der Waals surface area contributed by atoms with Crippen molar-refractivity contribution < 1.29 is 16.7 Å². The van der Waals surface area contributed by atoms with E-state index in [0.29, 0.717) is 5.69 Å². The van der Waals surface area contributed by atoms with Gasteiger partial charge >= 0.3 is 10.2 Å². The summed E-state index contributed by atoms with van der Waals surface area (Å²) in [6.45, 7) is -0.0811. The van der Waals surface area contributed by atoms with Crippen molar-refractivity contribution >= 4 is 15.9 Å². The number of nitrogens with one attached hydrogen (secondary N) is 1. The van der Waals surface area contributed by atoms with Gasteiger partial charge in [-0.1, -0.05) is 6.07 Å². The zero-order valence-electron chi connectivity index (χ0n) is 7.20. The minimum atomic E-state index is -4.46. The Hall–Kier alpha value is -1.17. The van der Waals surface area contributed by atoms with E-state index in [9.17, 15) is 16.7 Å². The normalized spacial score (nSPS) is 11.3. The van der Waals surface area contributed by atoms with E-state index >= 15 is 0 Å². The average Bonchev–Trinajstić information content (AvgIpc) is 2.01. The zero-order chi connectivity index (χ0) is 10.6. The third kappa shape index (κ3) is 4.18. The maximum atomic E-state index is 12.6. The molecule has 0 saturated carbocycles. The third-order valence-corrected chi connectivity index (χ3v) is 2.19. The highest BCUT2D eigenvalue weighted by Crippen LogP contribution is 2.08. The van der Waals surface area contributed by atoms with Crippen LogP contribution in [0.2, 0.25) is 0 Å². The summed E-state index contributed by atoms with van der Waals surface area (Å²) in [6, 6.07) is 5.50. The fraction of sp³-hybridized carbons (Fsp3) is 0.250. The van der Waals surface area contributed by atoms with Crippen LogP contribution in [0.1, 0.15) is 0 Å². The number of benzene rings is 1. The minimum Gasteiger partial charge on any atom is -0.384 e. The number of rotatable bonds is 4. The molecule has 0 aliphatic heterocycles. The van der Waals surface area contributed by atoms with E-state index in [-0.39, 0.29) is 6.54 Å². The van der Waals surface area contributed by atoms with Crippen molar-refractivity contribution in [2.75, 3.05) is 17.6 Å². The van der Waals surface area contributed by atoms with Crippen molar-refractivity contribution in [1.82, 2.24) is 0 Å². The Labute approximate surface area is 81.0 Å². The summed E-state index contributed by atoms with van der Waals surface area (Å²) < 4.78 is 44.8. The van der Waals surface area contributed by atoms with Crippen LogP contribution in [0.3, 0.4) is 0 Å². The van der Waals surface area contributed by atoms with E-state index < -0.39 is 21.8 Å². The van der Waals surface area contributed by atoms with Crippen LogP contribution >= 0.6 is 0 Å². The minimum absolute atomic E-state index is 0.0811. The Kier molecular flexibility index (Phi) is 3.40. The highest BCUT2D eigenvalue weighted by molar-refractivity contribution is 7.86. The molecule has 78 valence electrons. The Morgan fingerprint density at radius 1 is 1.36 bits per heavy atom. The van der Waals surface area contributed by atoms with Crippen LogP contribution in [-0.4, -0.2) is 20.7 Å². The van der Waals surface area contributed by atoms with Crippen molar-refractivity contribution in [2.24, 2.45) is 0 Å². The molecule has 14 heavy (non-hydrogen) atoms. The fourth-order valence-corrected chi connectivity index (χ4v) is 1.26. The maximum Gasteiger partial charge on any atom is 0.304 e. The molecule has 0 spiro atoms. The lowest BCUT2D eigenvalue weighted by Gasteiger charge is -2.03. The predicted molar refractivity (Wildman–Crippen MR) is 49.8 cm³/mol. The van der Waals surface area contributed by atoms with Gasteiger partial charge in [-0.15, -0.1) is 3.89 Å². The highest BCUT2D eigenvalue weighted by atomic mass is 32.3. The van der Waals surface area contributed by atoms with Crippen LogP contribution in [0.4, 0.5) is 14.0 Å². The molecule has 0 fully saturated rings. The molecule has 0 bridgehead atoms. The molecule has 1 N–H and O–H groups in total. The molecule has 0 aromatic heterocycles. The lowest BCUT2D eigenvalue weighted by molar-refractivity contribution is 0.552. The number of halogens is 2. The lowest BCUT2D eigenvalue weighted by atomic mass is 10.3. The first-order valence-electron chi connectivity index (χ1n) is 3.89. The van der Waals surface area contributed by atoms with Gasteiger partial charge in [0.05, 0.1) is 5.75 Å². The molecule has 0 heterocycles. The summed E-state index contributed by atoms with van der Waals surface area (Å²) in [5.74, 6) is -1.05. The van der Waals surface area contributed by atoms with Crippen molar-refractivity contribution in [3.8, 4) is 0 Å². The lowest BCUT2D eigenvalue weighted by Crippen LogP contribution is -2.11. The Bertz CT molecular complexity index is 406. The molecule has 0 saturated heterocycles. The largest absolute Gasteiger partial charge is 0.384 e. The highest BCUT2D eigenvalue weighted by Gasteiger charge is 2.05. The van der Waals surface area contributed by atoms with E-state index in [0.717, 1.165) is 0 Å². The third-order valence-electron chi connectivity index (χ3n) is 1.50. The van der Waals surface area contributed by atoms with E-state index in [1.54, 1.807) is 6.07 Å². The van der Waals surface area contributed by atoms with Crippen molar-refractivity contribution in [3.05, 3.63) is 30.1 Å². The second kappa shape index (κ2) is 4.36. The zero-order valence-corrected chi connectivity index (χ0v) is 8.02. The van der Waals surface area contributed by atoms with Crippen LogP contribution in [0, 0.1) is 5.82 Å². The van der Waals surface area contributed by atoms with Crippen LogP contribution < -0.4 is 5.32 Å². The van der Waals surface area contributed by atoms with Gasteiger partial charge in [0.25, 0.3) is 0 Å². The van der Waals surface area contributed by atoms with E-state index in [1.165, 1.54) is 18.2 Å². The summed E-state index contributed by atoms with van der Waals surface area (Å²) in [5.41, 5.74) is 0.425. The van der Waals surface area contributed by atoms with Gasteiger partial charge in [0.1, 0.15) is 5.82 Å². The van der Waals surface area contributed by atoms with E-state index in [4.69, 9.17) is 0 Å². The first-order chi connectivity index (χ1) is 6.47. The van der Waals surface area contributed by atoms with Crippen LogP contribution in [0.5, 0.6) is 0 Å².